The Kier molecular flexibility index (Phi) is 3.72. The summed E-state index contributed by atoms with van der Waals surface area (Å²) in [4.78, 5) is 24.6. The molecule has 1 fully saturated rings. The van der Waals surface area contributed by atoms with Crippen molar-refractivity contribution in [1.82, 2.24) is 10.2 Å². The molecule has 0 radical (unpaired) electrons. The molecule has 1 saturated heterocycles. The Morgan fingerprint density at radius 2 is 1.73 bits per heavy atom. The summed E-state index contributed by atoms with van der Waals surface area (Å²) in [5.41, 5.74) is -0.0786. The Balaban J connectivity index is 2.84. The van der Waals surface area contributed by atoms with Gasteiger partial charge < -0.3 is 4.90 Å². The number of amides is 3. The largest absolute Gasteiger partial charge is 0.324 e. The van der Waals surface area contributed by atoms with Gasteiger partial charge in [-0.15, -0.1) is 0 Å². The Morgan fingerprint density at radius 3 is 2.13 bits per heavy atom. The quantitative estimate of drug-likeness (QED) is 0.773. The van der Waals surface area contributed by atoms with Gasteiger partial charge in [0.15, 0.2) is 0 Å². The summed E-state index contributed by atoms with van der Waals surface area (Å²) in [5, 5.41) is 2.39. The topological polar surface area (TPSA) is 49.4 Å². The van der Waals surface area contributed by atoms with Crippen LogP contribution in [0.25, 0.3) is 0 Å². The number of rotatable bonds is 4. The summed E-state index contributed by atoms with van der Waals surface area (Å²) in [5.74, 6) is -0.159. The van der Waals surface area contributed by atoms with Crippen molar-refractivity contribution in [3.8, 4) is 0 Å². The molecule has 0 aromatic carbocycles. The minimum Gasteiger partial charge on any atom is -0.318 e. The number of carbonyl (C=O) groups excluding carboxylic acids is 2. The van der Waals surface area contributed by atoms with Crippen molar-refractivity contribution >= 4 is 11.9 Å². The van der Waals surface area contributed by atoms with Gasteiger partial charge in [0, 0.05) is 18.5 Å². The molecule has 0 aliphatic carbocycles. The summed E-state index contributed by atoms with van der Waals surface area (Å²) < 4.78 is 0. The molecule has 1 rings (SSSR count). The highest BCUT2D eigenvalue weighted by molar-refractivity contribution is 5.96. The highest BCUT2D eigenvalue weighted by atomic mass is 16.2. The van der Waals surface area contributed by atoms with Crippen LogP contribution in [-0.2, 0) is 4.79 Å². The molecular weight excluding hydrogens is 192 g/mol. The van der Waals surface area contributed by atoms with Gasteiger partial charge in [-0.2, -0.15) is 0 Å². The lowest BCUT2D eigenvalue weighted by atomic mass is 9.87. The Morgan fingerprint density at radius 1 is 1.20 bits per heavy atom. The Hall–Kier alpha value is -1.06. The van der Waals surface area contributed by atoms with E-state index in [1.807, 2.05) is 4.90 Å². The summed E-state index contributed by atoms with van der Waals surface area (Å²) in [6.07, 6.45) is 3.22. The lowest BCUT2D eigenvalue weighted by Crippen LogP contribution is -2.59. The van der Waals surface area contributed by atoms with E-state index in [1.54, 1.807) is 0 Å². The number of urea groups is 1. The van der Waals surface area contributed by atoms with Gasteiger partial charge in [0.1, 0.15) is 0 Å². The lowest BCUT2D eigenvalue weighted by molar-refractivity contribution is -0.122. The molecule has 1 heterocycles. The van der Waals surface area contributed by atoms with Crippen LogP contribution in [0, 0.1) is 0 Å². The first-order valence-corrected chi connectivity index (χ1v) is 5.71. The molecule has 3 amide bonds. The molecule has 4 heteroatoms. The fraction of sp³-hybridized carbons (Fsp3) is 0.818. The minimum absolute atomic E-state index is 0.0786. The molecule has 0 unspecified atom stereocenters. The van der Waals surface area contributed by atoms with Gasteiger partial charge in [-0.05, 0) is 19.3 Å². The van der Waals surface area contributed by atoms with E-state index < -0.39 is 0 Å². The van der Waals surface area contributed by atoms with Crippen molar-refractivity contribution < 1.29 is 9.59 Å². The van der Waals surface area contributed by atoms with Crippen LogP contribution in [0.4, 0.5) is 4.79 Å². The van der Waals surface area contributed by atoms with Gasteiger partial charge in [-0.1, -0.05) is 20.8 Å². The molecule has 0 aromatic heterocycles. The third-order valence-corrected chi connectivity index (χ3v) is 3.60. The van der Waals surface area contributed by atoms with Crippen LogP contribution in [0.3, 0.4) is 0 Å². The monoisotopic (exact) mass is 212 g/mol. The maximum absolute atomic E-state index is 11.7. The zero-order valence-electron chi connectivity index (χ0n) is 9.80. The lowest BCUT2D eigenvalue weighted by Gasteiger charge is -2.44. The summed E-state index contributed by atoms with van der Waals surface area (Å²) in [6.45, 7) is 6.84. The first-order chi connectivity index (χ1) is 7.09. The molecule has 0 atom stereocenters. The van der Waals surface area contributed by atoms with E-state index in [0.29, 0.717) is 13.0 Å². The molecule has 0 spiro atoms. The average Bonchev–Trinajstić information content (AvgIpc) is 2.23. The smallest absolute Gasteiger partial charge is 0.318 e. The van der Waals surface area contributed by atoms with Crippen LogP contribution in [0.5, 0.6) is 0 Å². The third-order valence-electron chi connectivity index (χ3n) is 3.60. The maximum atomic E-state index is 11.7. The van der Waals surface area contributed by atoms with Gasteiger partial charge in [-0.3, -0.25) is 10.1 Å². The molecule has 4 nitrogen and oxygen atoms in total. The molecule has 1 aliphatic rings. The molecule has 1 N–H and O–H groups in total. The van der Waals surface area contributed by atoms with E-state index in [1.165, 1.54) is 0 Å². The van der Waals surface area contributed by atoms with Crippen LogP contribution in [0.15, 0.2) is 0 Å². The molecule has 86 valence electrons. The van der Waals surface area contributed by atoms with E-state index in [4.69, 9.17) is 0 Å². The second kappa shape index (κ2) is 4.64. The fourth-order valence-corrected chi connectivity index (χ4v) is 2.34. The van der Waals surface area contributed by atoms with Crippen molar-refractivity contribution in [2.24, 2.45) is 0 Å². The SMILES string of the molecule is CCC(CC)(CC)N1CCC(=O)NC1=O. The second-order valence-corrected chi connectivity index (χ2v) is 4.04. The first-order valence-electron chi connectivity index (χ1n) is 5.71. The number of carbonyl (C=O) groups is 2. The predicted octanol–water partition coefficient (Wildman–Crippen LogP) is 1.90. The first kappa shape index (κ1) is 12.0. The van der Waals surface area contributed by atoms with E-state index in [-0.39, 0.29) is 17.5 Å². The Bertz CT molecular complexity index is 251. The summed E-state index contributed by atoms with van der Waals surface area (Å²) in [7, 11) is 0. The normalized spacial score (nSPS) is 17.9. The van der Waals surface area contributed by atoms with Crippen LogP contribution < -0.4 is 5.32 Å². The number of nitrogens with zero attached hydrogens (tertiary/aromatic N) is 1. The van der Waals surface area contributed by atoms with Crippen LogP contribution in [0.1, 0.15) is 46.5 Å². The number of hydrogen-bond acceptors (Lipinski definition) is 2. The van der Waals surface area contributed by atoms with E-state index in [2.05, 4.69) is 26.1 Å². The molecular formula is C11H20N2O2. The molecule has 0 bridgehead atoms. The van der Waals surface area contributed by atoms with Gasteiger partial charge in [-0.25, -0.2) is 4.79 Å². The van der Waals surface area contributed by atoms with E-state index in [9.17, 15) is 9.59 Å². The second-order valence-electron chi connectivity index (χ2n) is 4.04. The minimum atomic E-state index is -0.225. The highest BCUT2D eigenvalue weighted by Gasteiger charge is 2.37. The molecule has 0 saturated carbocycles. The van der Waals surface area contributed by atoms with Crippen LogP contribution in [-0.4, -0.2) is 28.9 Å². The molecule has 0 aromatic rings. The highest BCUT2D eigenvalue weighted by Crippen LogP contribution is 2.29. The van der Waals surface area contributed by atoms with Crippen molar-refractivity contribution in [2.45, 2.75) is 52.0 Å². The van der Waals surface area contributed by atoms with Crippen molar-refractivity contribution in [3.05, 3.63) is 0 Å². The van der Waals surface area contributed by atoms with Gasteiger partial charge in [0.05, 0.1) is 0 Å². The number of nitrogens with one attached hydrogen (secondary N) is 1. The van der Waals surface area contributed by atoms with E-state index >= 15 is 0 Å². The van der Waals surface area contributed by atoms with E-state index in [0.717, 1.165) is 19.3 Å². The predicted molar refractivity (Wildman–Crippen MR) is 58.5 cm³/mol. The van der Waals surface area contributed by atoms with Crippen molar-refractivity contribution in [1.29, 1.82) is 0 Å². The molecule has 1 aliphatic heterocycles. The van der Waals surface area contributed by atoms with Gasteiger partial charge in [0.2, 0.25) is 5.91 Å². The maximum Gasteiger partial charge on any atom is 0.324 e. The summed E-state index contributed by atoms with van der Waals surface area (Å²) in [6, 6.07) is -0.225. The molecule has 15 heavy (non-hydrogen) atoms. The van der Waals surface area contributed by atoms with Gasteiger partial charge in [0.25, 0.3) is 0 Å². The van der Waals surface area contributed by atoms with Crippen LogP contribution >= 0.6 is 0 Å². The van der Waals surface area contributed by atoms with Crippen LogP contribution in [0.2, 0.25) is 0 Å². The summed E-state index contributed by atoms with van der Waals surface area (Å²) >= 11 is 0. The van der Waals surface area contributed by atoms with Gasteiger partial charge >= 0.3 is 6.03 Å². The fourth-order valence-electron chi connectivity index (χ4n) is 2.34. The number of hydrogen-bond donors (Lipinski definition) is 1. The third kappa shape index (κ3) is 2.13. The standard InChI is InChI=1S/C11H20N2O2/c1-4-11(5-2,6-3)13-8-7-9(14)12-10(13)15/h4-8H2,1-3H3,(H,12,14,15). The Labute approximate surface area is 91.0 Å². The van der Waals surface area contributed by atoms with Crippen molar-refractivity contribution in [2.75, 3.05) is 6.54 Å². The van der Waals surface area contributed by atoms with Crippen molar-refractivity contribution in [3.63, 3.8) is 0 Å². The number of imide groups is 1. The zero-order valence-corrected chi connectivity index (χ0v) is 9.80. The zero-order chi connectivity index (χ0) is 11.5. The average molecular weight is 212 g/mol.